The maximum atomic E-state index is 5.88. The fraction of sp³-hybridized carbons (Fsp3) is 1.00. The Kier molecular flexibility index (Phi) is 6.05. The first-order chi connectivity index (χ1) is 7.41. The predicted molar refractivity (Wildman–Crippen MR) is 68.6 cm³/mol. The summed E-state index contributed by atoms with van der Waals surface area (Å²) < 4.78 is 16.6. The van der Waals surface area contributed by atoms with Crippen LogP contribution in [0.3, 0.4) is 0 Å². The zero-order valence-corrected chi connectivity index (χ0v) is 12.7. The van der Waals surface area contributed by atoms with Crippen molar-refractivity contribution in [3.63, 3.8) is 0 Å². The molecule has 1 heterocycles. The molecule has 2 unspecified atom stereocenters. The van der Waals surface area contributed by atoms with E-state index in [-0.39, 0.29) is 6.10 Å². The van der Waals surface area contributed by atoms with E-state index in [1.54, 1.807) is 0 Å². The molecule has 0 aromatic rings. The summed E-state index contributed by atoms with van der Waals surface area (Å²) in [6.45, 7) is 7.75. The van der Waals surface area contributed by atoms with Crippen molar-refractivity contribution in [2.24, 2.45) is 0 Å². The molecule has 1 rings (SSSR count). The van der Waals surface area contributed by atoms with Crippen LogP contribution in [0.5, 0.6) is 0 Å². The van der Waals surface area contributed by atoms with E-state index in [0.717, 1.165) is 6.42 Å². The Hall–Kier alpha value is 0.677. The Morgan fingerprint density at radius 3 is 2.69 bits per heavy atom. The first-order valence-corrected chi connectivity index (χ1v) is 9.74. The van der Waals surface area contributed by atoms with E-state index < -0.39 is 13.2 Å². The second kappa shape index (κ2) is 6.57. The standard InChI is InChI=1S/C10H20Cl2O3Si/c1-8(16(11)12)4-5-13-6-9-7-14-10(2,3)15-9/h8-9,16H,4-7H2,1-3H3. The lowest BCUT2D eigenvalue weighted by Crippen LogP contribution is -2.24. The van der Waals surface area contributed by atoms with Gasteiger partial charge in [-0.2, -0.15) is 22.2 Å². The highest BCUT2D eigenvalue weighted by Crippen LogP contribution is 2.23. The van der Waals surface area contributed by atoms with Gasteiger partial charge >= 0.3 is 0 Å². The highest BCUT2D eigenvalue weighted by molar-refractivity contribution is 7.34. The SMILES string of the molecule is CC(CCOCC1COC(C)(C)O1)[SiH](Cl)Cl. The molecule has 3 nitrogen and oxygen atoms in total. The number of hydrogen-bond donors (Lipinski definition) is 0. The maximum Gasteiger partial charge on any atom is 0.239 e. The Bertz CT molecular complexity index is 214. The van der Waals surface area contributed by atoms with Gasteiger partial charge in [0.25, 0.3) is 0 Å². The molecule has 0 spiro atoms. The molecule has 0 aromatic carbocycles. The minimum absolute atomic E-state index is 0.0466. The van der Waals surface area contributed by atoms with Crippen LogP contribution in [-0.2, 0) is 14.2 Å². The second-order valence-corrected chi connectivity index (χ2v) is 9.92. The van der Waals surface area contributed by atoms with Crippen LogP contribution in [0, 0.1) is 0 Å². The van der Waals surface area contributed by atoms with Crippen LogP contribution in [-0.4, -0.2) is 39.1 Å². The van der Waals surface area contributed by atoms with Crippen LogP contribution in [0.25, 0.3) is 0 Å². The molecule has 0 aliphatic carbocycles. The van der Waals surface area contributed by atoms with Gasteiger partial charge in [-0.05, 0) is 25.8 Å². The van der Waals surface area contributed by atoms with Crippen molar-refractivity contribution in [2.45, 2.75) is 44.6 Å². The number of halogens is 2. The van der Waals surface area contributed by atoms with Crippen molar-refractivity contribution in [3.8, 4) is 0 Å². The third-order valence-corrected chi connectivity index (χ3v) is 6.29. The molecular formula is C10H20Cl2O3Si. The quantitative estimate of drug-likeness (QED) is 0.427. The maximum absolute atomic E-state index is 5.88. The van der Waals surface area contributed by atoms with Crippen molar-refractivity contribution >= 4 is 29.6 Å². The van der Waals surface area contributed by atoms with E-state index in [1.807, 2.05) is 13.8 Å². The predicted octanol–water partition coefficient (Wildman–Crippen LogP) is 2.63. The van der Waals surface area contributed by atoms with Crippen molar-refractivity contribution in [3.05, 3.63) is 0 Å². The van der Waals surface area contributed by atoms with Crippen molar-refractivity contribution in [2.75, 3.05) is 19.8 Å². The van der Waals surface area contributed by atoms with Crippen LogP contribution < -0.4 is 0 Å². The van der Waals surface area contributed by atoms with E-state index in [1.165, 1.54) is 0 Å². The second-order valence-electron chi connectivity index (χ2n) is 4.63. The zero-order chi connectivity index (χ0) is 12.2. The molecule has 0 aromatic heterocycles. The molecule has 0 N–H and O–H groups in total. The van der Waals surface area contributed by atoms with Crippen molar-refractivity contribution in [1.29, 1.82) is 0 Å². The van der Waals surface area contributed by atoms with Gasteiger partial charge in [0.1, 0.15) is 6.10 Å². The van der Waals surface area contributed by atoms with E-state index in [4.69, 9.17) is 36.4 Å². The highest BCUT2D eigenvalue weighted by atomic mass is 35.7. The summed E-state index contributed by atoms with van der Waals surface area (Å²) in [6, 6.07) is 0. The minimum Gasteiger partial charge on any atom is -0.379 e. The summed E-state index contributed by atoms with van der Waals surface area (Å²) in [5, 5.41) is 0. The average molecular weight is 287 g/mol. The van der Waals surface area contributed by atoms with Gasteiger partial charge in [-0.25, -0.2) is 0 Å². The van der Waals surface area contributed by atoms with E-state index in [0.29, 0.717) is 25.4 Å². The van der Waals surface area contributed by atoms with Gasteiger partial charge in [0.15, 0.2) is 5.79 Å². The van der Waals surface area contributed by atoms with Crippen LogP contribution in [0.1, 0.15) is 27.2 Å². The van der Waals surface area contributed by atoms with Crippen molar-refractivity contribution < 1.29 is 14.2 Å². The van der Waals surface area contributed by atoms with Crippen molar-refractivity contribution in [1.82, 2.24) is 0 Å². The molecule has 0 bridgehead atoms. The summed E-state index contributed by atoms with van der Waals surface area (Å²) >= 11 is 11.8. The summed E-state index contributed by atoms with van der Waals surface area (Å²) in [6.07, 6.45) is 0.964. The van der Waals surface area contributed by atoms with Gasteiger partial charge < -0.3 is 14.2 Å². The van der Waals surface area contributed by atoms with E-state index >= 15 is 0 Å². The summed E-state index contributed by atoms with van der Waals surface area (Å²) in [5.41, 5.74) is 0.389. The number of ether oxygens (including phenoxy) is 3. The van der Waals surface area contributed by atoms with Crippen LogP contribution in [0.15, 0.2) is 0 Å². The molecular weight excluding hydrogens is 267 g/mol. The largest absolute Gasteiger partial charge is 0.379 e. The van der Waals surface area contributed by atoms with Gasteiger partial charge in [0.05, 0.1) is 13.2 Å². The minimum atomic E-state index is -1.55. The fourth-order valence-corrected chi connectivity index (χ4v) is 2.60. The monoisotopic (exact) mass is 286 g/mol. The van der Waals surface area contributed by atoms with Gasteiger partial charge in [0.2, 0.25) is 7.42 Å². The Morgan fingerprint density at radius 2 is 2.19 bits per heavy atom. The number of rotatable bonds is 6. The molecule has 0 radical (unpaired) electrons. The zero-order valence-electron chi connectivity index (χ0n) is 10.0. The normalized spacial score (nSPS) is 26.2. The van der Waals surface area contributed by atoms with E-state index in [2.05, 4.69) is 6.92 Å². The Labute approximate surface area is 108 Å². The molecule has 1 saturated heterocycles. The number of hydrogen-bond acceptors (Lipinski definition) is 3. The van der Waals surface area contributed by atoms with Crippen LogP contribution >= 0.6 is 22.2 Å². The Morgan fingerprint density at radius 1 is 1.50 bits per heavy atom. The topological polar surface area (TPSA) is 27.7 Å². The van der Waals surface area contributed by atoms with Gasteiger partial charge in [-0.3, -0.25) is 0 Å². The molecule has 6 heteroatoms. The molecule has 1 fully saturated rings. The first kappa shape index (κ1) is 14.7. The van der Waals surface area contributed by atoms with Gasteiger partial charge in [0, 0.05) is 6.61 Å². The highest BCUT2D eigenvalue weighted by Gasteiger charge is 2.32. The summed E-state index contributed by atoms with van der Waals surface area (Å²) in [4.78, 5) is 0. The van der Waals surface area contributed by atoms with Gasteiger partial charge in [-0.1, -0.05) is 6.92 Å². The fourth-order valence-electron chi connectivity index (χ4n) is 1.46. The van der Waals surface area contributed by atoms with Gasteiger partial charge in [-0.15, -0.1) is 0 Å². The summed E-state index contributed by atoms with van der Waals surface area (Å²) in [5.74, 6) is -0.467. The third kappa shape index (κ3) is 5.34. The lowest BCUT2D eigenvalue weighted by Gasteiger charge is -2.17. The molecule has 2 atom stereocenters. The van der Waals surface area contributed by atoms with E-state index in [9.17, 15) is 0 Å². The molecule has 1 aliphatic rings. The third-order valence-electron chi connectivity index (χ3n) is 2.52. The average Bonchev–Trinajstić information content (AvgIpc) is 2.52. The Balaban J connectivity index is 2.04. The first-order valence-electron chi connectivity index (χ1n) is 5.58. The van der Waals surface area contributed by atoms with Crippen LogP contribution in [0.2, 0.25) is 5.54 Å². The summed E-state index contributed by atoms with van der Waals surface area (Å²) in [7, 11) is -1.55. The molecule has 16 heavy (non-hydrogen) atoms. The molecule has 0 amide bonds. The lowest BCUT2D eigenvalue weighted by atomic mass is 10.3. The molecule has 1 aliphatic heterocycles. The lowest BCUT2D eigenvalue weighted by molar-refractivity contribution is -0.145. The molecule has 0 saturated carbocycles. The van der Waals surface area contributed by atoms with Crippen LogP contribution in [0.4, 0.5) is 0 Å². The smallest absolute Gasteiger partial charge is 0.239 e. The molecule has 96 valence electrons.